The second kappa shape index (κ2) is 5.32. The molecule has 0 aliphatic carbocycles. The van der Waals surface area contributed by atoms with Gasteiger partial charge in [0.1, 0.15) is 0 Å². The number of para-hydroxylation sites is 1. The number of halogens is 1. The molecule has 2 aromatic rings. The van der Waals surface area contributed by atoms with Gasteiger partial charge in [0.15, 0.2) is 0 Å². The van der Waals surface area contributed by atoms with E-state index in [1.165, 1.54) is 11.1 Å². The average molecular weight is 261 g/mol. The smallest absolute Gasteiger partial charge is 0.0741 e. The summed E-state index contributed by atoms with van der Waals surface area (Å²) in [5, 5.41) is 0.601. The van der Waals surface area contributed by atoms with Gasteiger partial charge in [-0.05, 0) is 30.2 Å². The summed E-state index contributed by atoms with van der Waals surface area (Å²) in [6, 6.07) is 14.1. The SMILES string of the molecule is Cc1ccccc1CN(C)c1cccc(Cl)c1N. The number of rotatable bonds is 3. The molecule has 3 heteroatoms. The minimum atomic E-state index is 0.601. The molecule has 0 saturated carbocycles. The lowest BCUT2D eigenvalue weighted by atomic mass is 10.1. The van der Waals surface area contributed by atoms with Gasteiger partial charge in [0.05, 0.1) is 16.4 Å². The van der Waals surface area contributed by atoms with Gasteiger partial charge in [-0.3, -0.25) is 0 Å². The Morgan fingerprint density at radius 2 is 1.83 bits per heavy atom. The summed E-state index contributed by atoms with van der Waals surface area (Å²) < 4.78 is 0. The van der Waals surface area contributed by atoms with Crippen molar-refractivity contribution in [2.75, 3.05) is 17.7 Å². The molecule has 0 fully saturated rings. The Bertz CT molecular complexity index is 552. The molecule has 2 aromatic carbocycles. The van der Waals surface area contributed by atoms with Crippen LogP contribution in [0.15, 0.2) is 42.5 Å². The predicted octanol–water partition coefficient (Wildman–Crippen LogP) is 3.87. The van der Waals surface area contributed by atoms with Crippen LogP contribution in [0.5, 0.6) is 0 Å². The summed E-state index contributed by atoms with van der Waals surface area (Å²) in [6.45, 7) is 2.93. The third-order valence-electron chi connectivity index (χ3n) is 3.11. The van der Waals surface area contributed by atoms with E-state index in [-0.39, 0.29) is 0 Å². The van der Waals surface area contributed by atoms with Gasteiger partial charge >= 0.3 is 0 Å². The molecular weight excluding hydrogens is 244 g/mol. The molecule has 0 unspecified atom stereocenters. The summed E-state index contributed by atoms with van der Waals surface area (Å²) in [5.74, 6) is 0. The molecule has 94 valence electrons. The maximum absolute atomic E-state index is 6.04. The third-order valence-corrected chi connectivity index (χ3v) is 3.44. The molecular formula is C15H17ClN2. The molecule has 0 aliphatic heterocycles. The molecule has 0 amide bonds. The van der Waals surface area contributed by atoms with Crippen LogP contribution in [0.25, 0.3) is 0 Å². The van der Waals surface area contributed by atoms with E-state index in [1.54, 1.807) is 0 Å². The van der Waals surface area contributed by atoms with E-state index in [1.807, 2.05) is 31.3 Å². The molecule has 0 heterocycles. The van der Waals surface area contributed by atoms with Crippen molar-refractivity contribution in [2.45, 2.75) is 13.5 Å². The zero-order valence-corrected chi connectivity index (χ0v) is 11.4. The number of anilines is 2. The third kappa shape index (κ3) is 2.59. The van der Waals surface area contributed by atoms with Crippen molar-refractivity contribution < 1.29 is 0 Å². The Kier molecular flexibility index (Phi) is 3.78. The minimum Gasteiger partial charge on any atom is -0.396 e. The van der Waals surface area contributed by atoms with Gasteiger partial charge in [-0.2, -0.15) is 0 Å². The standard InChI is InChI=1S/C15H17ClN2/c1-11-6-3-4-7-12(11)10-18(2)14-9-5-8-13(16)15(14)17/h3-9H,10,17H2,1-2H3. The van der Waals surface area contributed by atoms with E-state index in [4.69, 9.17) is 17.3 Å². The largest absolute Gasteiger partial charge is 0.396 e. The van der Waals surface area contributed by atoms with E-state index in [0.717, 1.165) is 12.2 Å². The second-order valence-corrected chi connectivity index (χ2v) is 4.86. The van der Waals surface area contributed by atoms with Crippen LogP contribution in [0.4, 0.5) is 11.4 Å². The number of benzene rings is 2. The van der Waals surface area contributed by atoms with E-state index >= 15 is 0 Å². The fourth-order valence-electron chi connectivity index (χ4n) is 1.99. The Morgan fingerprint density at radius 1 is 1.11 bits per heavy atom. The summed E-state index contributed by atoms with van der Waals surface area (Å²) in [5.41, 5.74) is 10.2. The van der Waals surface area contributed by atoms with Crippen molar-refractivity contribution in [3.8, 4) is 0 Å². The van der Waals surface area contributed by atoms with E-state index < -0.39 is 0 Å². The van der Waals surface area contributed by atoms with E-state index in [0.29, 0.717) is 10.7 Å². The van der Waals surface area contributed by atoms with E-state index in [9.17, 15) is 0 Å². The number of nitrogens with two attached hydrogens (primary N) is 1. The highest BCUT2D eigenvalue weighted by Gasteiger charge is 2.09. The van der Waals surface area contributed by atoms with Gasteiger partial charge in [0, 0.05) is 13.6 Å². The Hall–Kier alpha value is -1.67. The number of aryl methyl sites for hydroxylation is 1. The van der Waals surface area contributed by atoms with Crippen LogP contribution >= 0.6 is 11.6 Å². The normalized spacial score (nSPS) is 10.4. The second-order valence-electron chi connectivity index (χ2n) is 4.46. The first-order valence-corrected chi connectivity index (χ1v) is 6.27. The van der Waals surface area contributed by atoms with Gasteiger partial charge in [-0.25, -0.2) is 0 Å². The first-order chi connectivity index (χ1) is 8.59. The van der Waals surface area contributed by atoms with E-state index in [2.05, 4.69) is 30.0 Å². The van der Waals surface area contributed by atoms with Crippen molar-refractivity contribution in [1.29, 1.82) is 0 Å². The summed E-state index contributed by atoms with van der Waals surface area (Å²) >= 11 is 6.04. The van der Waals surface area contributed by atoms with Crippen molar-refractivity contribution >= 4 is 23.0 Å². The first-order valence-electron chi connectivity index (χ1n) is 5.89. The lowest BCUT2D eigenvalue weighted by Gasteiger charge is -2.22. The van der Waals surface area contributed by atoms with Crippen molar-refractivity contribution in [2.24, 2.45) is 0 Å². The molecule has 2 N–H and O–H groups in total. The van der Waals surface area contributed by atoms with Gasteiger partial charge in [0.2, 0.25) is 0 Å². The van der Waals surface area contributed by atoms with Crippen LogP contribution in [-0.2, 0) is 6.54 Å². The highest BCUT2D eigenvalue weighted by atomic mass is 35.5. The van der Waals surface area contributed by atoms with Gasteiger partial charge in [0.25, 0.3) is 0 Å². The lowest BCUT2D eigenvalue weighted by molar-refractivity contribution is 0.916. The van der Waals surface area contributed by atoms with Gasteiger partial charge in [-0.15, -0.1) is 0 Å². The Morgan fingerprint density at radius 3 is 2.56 bits per heavy atom. The van der Waals surface area contributed by atoms with Crippen molar-refractivity contribution in [3.63, 3.8) is 0 Å². The van der Waals surface area contributed by atoms with Crippen LogP contribution < -0.4 is 10.6 Å². The van der Waals surface area contributed by atoms with Gasteiger partial charge in [-0.1, -0.05) is 41.9 Å². The minimum absolute atomic E-state index is 0.601. The number of hydrogen-bond donors (Lipinski definition) is 1. The van der Waals surface area contributed by atoms with Gasteiger partial charge < -0.3 is 10.6 Å². The summed E-state index contributed by atoms with van der Waals surface area (Å²) in [6.07, 6.45) is 0. The molecule has 2 nitrogen and oxygen atoms in total. The topological polar surface area (TPSA) is 29.3 Å². The zero-order chi connectivity index (χ0) is 13.1. The molecule has 0 radical (unpaired) electrons. The molecule has 0 aliphatic rings. The molecule has 2 rings (SSSR count). The lowest BCUT2D eigenvalue weighted by Crippen LogP contribution is -2.18. The molecule has 18 heavy (non-hydrogen) atoms. The fourth-order valence-corrected chi connectivity index (χ4v) is 2.16. The van der Waals surface area contributed by atoms with Crippen LogP contribution in [0.2, 0.25) is 5.02 Å². The highest BCUT2D eigenvalue weighted by Crippen LogP contribution is 2.30. The molecule has 0 aromatic heterocycles. The van der Waals surface area contributed by atoms with Crippen molar-refractivity contribution in [3.05, 3.63) is 58.6 Å². The molecule has 0 saturated heterocycles. The number of hydrogen-bond acceptors (Lipinski definition) is 2. The predicted molar refractivity (Wildman–Crippen MR) is 79.2 cm³/mol. The zero-order valence-electron chi connectivity index (χ0n) is 10.7. The molecule has 0 spiro atoms. The summed E-state index contributed by atoms with van der Waals surface area (Å²) in [4.78, 5) is 2.11. The van der Waals surface area contributed by atoms with Crippen LogP contribution in [-0.4, -0.2) is 7.05 Å². The first kappa shape index (κ1) is 12.8. The van der Waals surface area contributed by atoms with Crippen LogP contribution in [0, 0.1) is 6.92 Å². The quantitative estimate of drug-likeness (QED) is 0.849. The molecule has 0 atom stereocenters. The summed E-state index contributed by atoms with van der Waals surface area (Å²) in [7, 11) is 2.02. The maximum atomic E-state index is 6.04. The number of nitrogen functional groups attached to an aromatic ring is 1. The van der Waals surface area contributed by atoms with Crippen molar-refractivity contribution in [1.82, 2.24) is 0 Å². The molecule has 0 bridgehead atoms. The highest BCUT2D eigenvalue weighted by molar-refractivity contribution is 6.33. The fraction of sp³-hybridized carbons (Fsp3) is 0.200. The Labute approximate surface area is 113 Å². The maximum Gasteiger partial charge on any atom is 0.0741 e. The number of nitrogens with zero attached hydrogens (tertiary/aromatic N) is 1. The van der Waals surface area contributed by atoms with Crippen LogP contribution in [0.1, 0.15) is 11.1 Å². The Balaban J connectivity index is 2.25. The average Bonchev–Trinajstić information content (AvgIpc) is 2.35. The monoisotopic (exact) mass is 260 g/mol. The van der Waals surface area contributed by atoms with Crippen LogP contribution in [0.3, 0.4) is 0 Å².